The SMILES string of the molecule is CCCCC[C@H](O)[C@H](O)/C=C/c1ncc(C(O)CCCC(=O)OCC)s1. The maximum Gasteiger partial charge on any atom is 0.305 e. The number of esters is 1. The molecule has 1 aromatic heterocycles. The lowest BCUT2D eigenvalue weighted by atomic mass is 10.1. The predicted octanol–water partition coefficient (Wildman–Crippen LogP) is 3.23. The molecular formula is C19H31NO5S. The van der Waals surface area contributed by atoms with Gasteiger partial charge in [0.15, 0.2) is 0 Å². The zero-order chi connectivity index (χ0) is 19.4. The molecule has 0 fully saturated rings. The van der Waals surface area contributed by atoms with Crippen LogP contribution in [0.4, 0.5) is 0 Å². The number of aliphatic hydroxyl groups is 3. The summed E-state index contributed by atoms with van der Waals surface area (Å²) in [5, 5.41) is 30.7. The molecule has 1 aromatic rings. The molecule has 0 amide bonds. The van der Waals surface area contributed by atoms with Crippen molar-refractivity contribution < 1.29 is 24.9 Å². The van der Waals surface area contributed by atoms with Gasteiger partial charge in [-0.2, -0.15) is 0 Å². The van der Waals surface area contributed by atoms with E-state index in [-0.39, 0.29) is 5.97 Å². The first-order valence-electron chi connectivity index (χ1n) is 9.31. The maximum atomic E-state index is 11.3. The third kappa shape index (κ3) is 8.89. The first kappa shape index (κ1) is 22.8. The highest BCUT2D eigenvalue weighted by Crippen LogP contribution is 2.26. The summed E-state index contributed by atoms with van der Waals surface area (Å²) in [6.45, 7) is 4.22. The third-order valence-electron chi connectivity index (χ3n) is 3.97. The van der Waals surface area contributed by atoms with Crippen molar-refractivity contribution in [2.45, 2.75) is 77.1 Å². The average molecular weight is 386 g/mol. The van der Waals surface area contributed by atoms with Gasteiger partial charge in [-0.15, -0.1) is 11.3 Å². The number of hydrogen-bond donors (Lipinski definition) is 3. The topological polar surface area (TPSA) is 99.9 Å². The monoisotopic (exact) mass is 385 g/mol. The Morgan fingerprint density at radius 3 is 2.69 bits per heavy atom. The van der Waals surface area contributed by atoms with E-state index in [1.165, 1.54) is 17.4 Å². The molecule has 0 aliphatic rings. The third-order valence-corrected chi connectivity index (χ3v) is 5.03. The van der Waals surface area contributed by atoms with Crippen LogP contribution in [-0.2, 0) is 9.53 Å². The van der Waals surface area contributed by atoms with Crippen molar-refractivity contribution in [3.05, 3.63) is 22.2 Å². The number of hydrogen-bond acceptors (Lipinski definition) is 7. The van der Waals surface area contributed by atoms with E-state index in [2.05, 4.69) is 11.9 Å². The van der Waals surface area contributed by atoms with E-state index in [0.717, 1.165) is 19.3 Å². The Balaban J connectivity index is 2.42. The lowest BCUT2D eigenvalue weighted by Crippen LogP contribution is -2.23. The van der Waals surface area contributed by atoms with Crippen LogP contribution in [-0.4, -0.2) is 45.1 Å². The van der Waals surface area contributed by atoms with Crippen molar-refractivity contribution in [1.82, 2.24) is 4.98 Å². The average Bonchev–Trinajstić information content (AvgIpc) is 3.09. The van der Waals surface area contributed by atoms with Crippen molar-refractivity contribution in [1.29, 1.82) is 0 Å². The molecule has 7 heteroatoms. The van der Waals surface area contributed by atoms with Gasteiger partial charge in [0.05, 0.1) is 29.8 Å². The summed E-state index contributed by atoms with van der Waals surface area (Å²) in [5.74, 6) is -0.251. The Bertz CT molecular complexity index is 546. The standard InChI is InChI=1S/C19H31NO5S/c1-3-5-6-8-14(21)15(22)11-12-18-20-13-17(26-18)16(23)9-7-10-19(24)25-4-2/h11-16,21-23H,3-10H2,1-2H3/b12-11+/t14-,15+,16?/m0/s1. The van der Waals surface area contributed by atoms with Gasteiger partial charge in [-0.25, -0.2) is 4.98 Å². The minimum absolute atomic E-state index is 0.251. The second kappa shape index (κ2) is 13.0. The van der Waals surface area contributed by atoms with Gasteiger partial charge in [-0.1, -0.05) is 32.3 Å². The fourth-order valence-corrected chi connectivity index (χ4v) is 3.28. The summed E-state index contributed by atoms with van der Waals surface area (Å²) in [6.07, 6.45) is 7.30. The van der Waals surface area contributed by atoms with Crippen LogP contribution in [0.2, 0.25) is 0 Å². The number of nitrogens with zero attached hydrogens (tertiary/aromatic N) is 1. The van der Waals surface area contributed by atoms with Gasteiger partial charge in [0.1, 0.15) is 5.01 Å². The largest absolute Gasteiger partial charge is 0.466 e. The first-order valence-corrected chi connectivity index (χ1v) is 10.1. The van der Waals surface area contributed by atoms with Crippen LogP contribution in [0.25, 0.3) is 6.08 Å². The molecule has 1 rings (SSSR count). The molecule has 0 aliphatic carbocycles. The van der Waals surface area contributed by atoms with Crippen molar-refractivity contribution in [3.63, 3.8) is 0 Å². The Kier molecular flexibility index (Phi) is 11.4. The quantitative estimate of drug-likeness (QED) is 0.356. The van der Waals surface area contributed by atoms with Gasteiger partial charge in [-0.05, 0) is 32.3 Å². The second-order valence-corrected chi connectivity index (χ2v) is 7.32. The predicted molar refractivity (Wildman–Crippen MR) is 103 cm³/mol. The van der Waals surface area contributed by atoms with Crippen LogP contribution in [0, 0.1) is 0 Å². The smallest absolute Gasteiger partial charge is 0.305 e. The first-order chi connectivity index (χ1) is 12.5. The van der Waals surface area contributed by atoms with Crippen molar-refractivity contribution >= 4 is 23.4 Å². The van der Waals surface area contributed by atoms with Crippen molar-refractivity contribution in [2.75, 3.05) is 6.61 Å². The van der Waals surface area contributed by atoms with E-state index < -0.39 is 18.3 Å². The van der Waals surface area contributed by atoms with E-state index >= 15 is 0 Å². The van der Waals surface area contributed by atoms with Gasteiger partial charge in [0, 0.05) is 12.6 Å². The maximum absolute atomic E-state index is 11.3. The zero-order valence-corrected chi connectivity index (χ0v) is 16.5. The Morgan fingerprint density at radius 2 is 2.00 bits per heavy atom. The fraction of sp³-hybridized carbons (Fsp3) is 0.684. The summed E-state index contributed by atoms with van der Waals surface area (Å²) in [4.78, 5) is 16.2. The fourth-order valence-electron chi connectivity index (χ4n) is 2.43. The molecule has 6 nitrogen and oxygen atoms in total. The molecule has 148 valence electrons. The molecule has 1 heterocycles. The van der Waals surface area contributed by atoms with Gasteiger partial charge in [0.25, 0.3) is 0 Å². The van der Waals surface area contributed by atoms with Crippen LogP contribution < -0.4 is 0 Å². The number of rotatable bonds is 13. The van der Waals surface area contributed by atoms with Gasteiger partial charge in [0.2, 0.25) is 0 Å². The van der Waals surface area contributed by atoms with Crippen LogP contribution >= 0.6 is 11.3 Å². The summed E-state index contributed by atoms with van der Waals surface area (Å²) in [7, 11) is 0. The Labute approximate surface area is 159 Å². The molecule has 0 radical (unpaired) electrons. The molecule has 0 aromatic carbocycles. The lowest BCUT2D eigenvalue weighted by molar-refractivity contribution is -0.143. The van der Waals surface area contributed by atoms with Crippen LogP contribution in [0.15, 0.2) is 12.3 Å². The molecule has 0 saturated heterocycles. The number of unbranched alkanes of at least 4 members (excludes halogenated alkanes) is 2. The highest BCUT2D eigenvalue weighted by atomic mass is 32.1. The molecule has 0 saturated carbocycles. The molecule has 0 bridgehead atoms. The van der Waals surface area contributed by atoms with Crippen LogP contribution in [0.3, 0.4) is 0 Å². The molecular weight excluding hydrogens is 354 g/mol. The van der Waals surface area contributed by atoms with E-state index in [4.69, 9.17) is 4.74 Å². The number of aromatic nitrogens is 1. The van der Waals surface area contributed by atoms with Gasteiger partial charge < -0.3 is 20.1 Å². The molecule has 0 spiro atoms. The highest BCUT2D eigenvalue weighted by Gasteiger charge is 2.14. The van der Waals surface area contributed by atoms with Gasteiger partial charge in [-0.3, -0.25) is 4.79 Å². The molecule has 26 heavy (non-hydrogen) atoms. The Hall–Kier alpha value is -1.28. The number of carbonyl (C=O) groups is 1. The minimum atomic E-state index is -0.922. The van der Waals surface area contributed by atoms with E-state index in [0.29, 0.717) is 42.2 Å². The van der Waals surface area contributed by atoms with Crippen molar-refractivity contribution in [3.8, 4) is 0 Å². The molecule has 0 aliphatic heterocycles. The van der Waals surface area contributed by atoms with Crippen LogP contribution in [0.1, 0.15) is 74.8 Å². The highest BCUT2D eigenvalue weighted by molar-refractivity contribution is 7.12. The number of ether oxygens (including phenoxy) is 1. The summed E-state index contributed by atoms with van der Waals surface area (Å²) < 4.78 is 4.85. The molecule has 3 N–H and O–H groups in total. The Morgan fingerprint density at radius 1 is 1.23 bits per heavy atom. The van der Waals surface area contributed by atoms with Crippen LogP contribution in [0.5, 0.6) is 0 Å². The van der Waals surface area contributed by atoms with E-state index in [9.17, 15) is 20.1 Å². The number of aliphatic hydroxyl groups excluding tert-OH is 3. The van der Waals surface area contributed by atoms with E-state index in [1.807, 2.05) is 0 Å². The van der Waals surface area contributed by atoms with Gasteiger partial charge >= 0.3 is 5.97 Å². The van der Waals surface area contributed by atoms with Crippen molar-refractivity contribution in [2.24, 2.45) is 0 Å². The summed E-state index contributed by atoms with van der Waals surface area (Å²) >= 11 is 1.33. The number of thiazole rings is 1. The lowest BCUT2D eigenvalue weighted by Gasteiger charge is -2.13. The normalized spacial score (nSPS) is 15.1. The number of carbonyl (C=O) groups excluding carboxylic acids is 1. The second-order valence-electron chi connectivity index (χ2n) is 6.23. The molecule has 1 unspecified atom stereocenters. The molecule has 3 atom stereocenters. The van der Waals surface area contributed by atoms with E-state index in [1.54, 1.807) is 19.2 Å². The zero-order valence-electron chi connectivity index (χ0n) is 15.6. The summed E-state index contributed by atoms with van der Waals surface area (Å²) in [5.41, 5.74) is 0. The summed E-state index contributed by atoms with van der Waals surface area (Å²) in [6, 6.07) is 0. The minimum Gasteiger partial charge on any atom is -0.466 e.